The van der Waals surface area contributed by atoms with Crippen molar-refractivity contribution in [1.82, 2.24) is 9.62 Å². The maximum absolute atomic E-state index is 12.7. The Morgan fingerprint density at radius 3 is 2.38 bits per heavy atom. The molecule has 0 radical (unpaired) electrons. The predicted molar refractivity (Wildman–Crippen MR) is 96.8 cm³/mol. The van der Waals surface area contributed by atoms with Crippen LogP contribution < -0.4 is 5.32 Å². The van der Waals surface area contributed by atoms with Gasteiger partial charge in [0.15, 0.2) is 5.06 Å². The van der Waals surface area contributed by atoms with E-state index in [1.807, 2.05) is 6.92 Å². The zero-order chi connectivity index (χ0) is 17.6. The first-order valence-corrected chi connectivity index (χ1v) is 10.4. The van der Waals surface area contributed by atoms with Gasteiger partial charge in [-0.2, -0.15) is 4.31 Å². The van der Waals surface area contributed by atoms with Gasteiger partial charge in [-0.15, -0.1) is 0 Å². The van der Waals surface area contributed by atoms with Gasteiger partial charge in [-0.3, -0.25) is 0 Å². The molecule has 1 aliphatic heterocycles. The molecule has 1 aromatic carbocycles. The fourth-order valence-corrected chi connectivity index (χ4v) is 4.65. The lowest BCUT2D eigenvalue weighted by atomic mass is 10.0. The molecule has 0 amide bonds. The molecular weight excluding hydrogens is 348 g/mol. The smallest absolute Gasteiger partial charge is 0.243 e. The van der Waals surface area contributed by atoms with Gasteiger partial charge in [-0.1, -0.05) is 37.1 Å². The Balaban J connectivity index is 2.22. The second kappa shape index (κ2) is 8.63. The number of nitrogens with zero attached hydrogens (tertiary/aromatic N) is 1. The molecule has 136 valence electrons. The lowest BCUT2D eigenvalue weighted by molar-refractivity contribution is 0.0166. The van der Waals surface area contributed by atoms with Crippen molar-refractivity contribution in [2.75, 3.05) is 32.8 Å². The highest BCUT2D eigenvalue weighted by Gasteiger charge is 2.31. The first-order chi connectivity index (χ1) is 11.4. The van der Waals surface area contributed by atoms with Crippen LogP contribution in [0.3, 0.4) is 0 Å². The van der Waals surface area contributed by atoms with Gasteiger partial charge in [0.05, 0.1) is 4.90 Å². The summed E-state index contributed by atoms with van der Waals surface area (Å²) >= 11 is 6.67. The summed E-state index contributed by atoms with van der Waals surface area (Å²) in [5, 5.41) is 2.27. The molecule has 1 heterocycles. The molecule has 1 atom stereocenters. The number of sulfonamides is 1. The highest BCUT2D eigenvalue weighted by atomic mass is 35.5. The summed E-state index contributed by atoms with van der Waals surface area (Å²) in [4.78, 5) is 0.305. The maximum Gasteiger partial charge on any atom is 0.243 e. The molecule has 24 heavy (non-hydrogen) atoms. The van der Waals surface area contributed by atoms with Gasteiger partial charge in [0.1, 0.15) is 0 Å². The lowest BCUT2D eigenvalue weighted by Gasteiger charge is -2.29. The quantitative estimate of drug-likeness (QED) is 0.711. The first kappa shape index (κ1) is 19.7. The summed E-state index contributed by atoms with van der Waals surface area (Å²) in [6.45, 7) is 6.89. The minimum Gasteiger partial charge on any atom is -0.356 e. The van der Waals surface area contributed by atoms with Crippen molar-refractivity contribution < 1.29 is 13.2 Å². The molecule has 2 rings (SSSR count). The highest BCUT2D eigenvalue weighted by molar-refractivity contribution is 7.89. The van der Waals surface area contributed by atoms with Crippen molar-refractivity contribution in [2.45, 2.75) is 43.1 Å². The Kier molecular flexibility index (Phi) is 7.07. The number of nitrogens with one attached hydrogen (secondary N) is 1. The van der Waals surface area contributed by atoms with Gasteiger partial charge in [-0.05, 0) is 37.5 Å². The maximum atomic E-state index is 12.7. The van der Waals surface area contributed by atoms with Crippen molar-refractivity contribution >= 4 is 21.6 Å². The monoisotopic (exact) mass is 374 g/mol. The van der Waals surface area contributed by atoms with Crippen molar-refractivity contribution in [3.8, 4) is 0 Å². The van der Waals surface area contributed by atoms with Gasteiger partial charge in [0, 0.05) is 32.8 Å². The number of benzene rings is 1. The number of unbranched alkanes of at least 4 members (excludes halogenated alkanes) is 1. The molecule has 5 nitrogen and oxygen atoms in total. The van der Waals surface area contributed by atoms with Crippen LogP contribution in [0.25, 0.3) is 0 Å². The van der Waals surface area contributed by atoms with E-state index >= 15 is 0 Å². The average Bonchev–Trinajstić information content (AvgIpc) is 2.61. The third-order valence-corrected chi connectivity index (χ3v) is 6.65. The second-order valence-corrected chi connectivity index (χ2v) is 8.49. The number of alkyl halides is 1. The van der Waals surface area contributed by atoms with Gasteiger partial charge >= 0.3 is 0 Å². The van der Waals surface area contributed by atoms with E-state index in [0.29, 0.717) is 44.1 Å². The number of piperazine rings is 1. The number of hydrogen-bond acceptors (Lipinski definition) is 4. The molecular formula is C17H27ClN2O3S. The molecule has 1 unspecified atom stereocenters. The average molecular weight is 375 g/mol. The first-order valence-electron chi connectivity index (χ1n) is 8.58. The zero-order valence-corrected chi connectivity index (χ0v) is 16.0. The summed E-state index contributed by atoms with van der Waals surface area (Å²) in [7, 11) is -3.44. The van der Waals surface area contributed by atoms with Crippen LogP contribution in [-0.2, 0) is 19.8 Å². The van der Waals surface area contributed by atoms with Crippen LogP contribution in [-0.4, -0.2) is 45.5 Å². The van der Waals surface area contributed by atoms with Gasteiger partial charge in [-0.25, -0.2) is 8.42 Å². The van der Waals surface area contributed by atoms with Crippen LogP contribution in [0.15, 0.2) is 29.2 Å². The standard InChI is InChI=1S/C17H27ClN2O3S/c1-3-5-10-17(18,23-4-2)15-6-8-16(9-7-15)24(21,22)20-13-11-19-12-14-20/h6-9,19H,3-5,10-14H2,1-2H3. The van der Waals surface area contributed by atoms with Crippen LogP contribution in [0.2, 0.25) is 0 Å². The van der Waals surface area contributed by atoms with Gasteiger partial charge < -0.3 is 10.1 Å². The van der Waals surface area contributed by atoms with Crippen LogP contribution >= 0.6 is 11.6 Å². The van der Waals surface area contributed by atoms with Crippen LogP contribution in [0.4, 0.5) is 0 Å². The number of rotatable bonds is 8. The van der Waals surface area contributed by atoms with Crippen molar-refractivity contribution in [1.29, 1.82) is 0 Å². The molecule has 1 fully saturated rings. The van der Waals surface area contributed by atoms with Crippen LogP contribution in [0.1, 0.15) is 38.7 Å². The van der Waals surface area contributed by atoms with E-state index in [2.05, 4.69) is 12.2 Å². The molecule has 7 heteroatoms. The molecule has 1 aromatic rings. The van der Waals surface area contributed by atoms with Crippen LogP contribution in [0.5, 0.6) is 0 Å². The fraction of sp³-hybridized carbons (Fsp3) is 0.647. The predicted octanol–water partition coefficient (Wildman–Crippen LogP) is 2.90. The Morgan fingerprint density at radius 1 is 1.21 bits per heavy atom. The third-order valence-electron chi connectivity index (χ3n) is 4.22. The molecule has 0 aromatic heterocycles. The third kappa shape index (κ3) is 4.49. The van der Waals surface area contributed by atoms with E-state index in [1.54, 1.807) is 24.3 Å². The number of ether oxygens (including phenoxy) is 1. The van der Waals surface area contributed by atoms with E-state index in [-0.39, 0.29) is 0 Å². The minimum atomic E-state index is -3.44. The van der Waals surface area contributed by atoms with E-state index in [0.717, 1.165) is 18.4 Å². The Labute approximate surface area is 150 Å². The molecule has 0 saturated carbocycles. The molecule has 1 N–H and O–H groups in total. The van der Waals surface area contributed by atoms with E-state index in [1.165, 1.54) is 4.31 Å². The van der Waals surface area contributed by atoms with E-state index in [9.17, 15) is 8.42 Å². The van der Waals surface area contributed by atoms with Crippen molar-refractivity contribution in [2.24, 2.45) is 0 Å². The Bertz CT molecular complexity index is 615. The van der Waals surface area contributed by atoms with Crippen LogP contribution in [0, 0.1) is 0 Å². The largest absolute Gasteiger partial charge is 0.356 e. The zero-order valence-electron chi connectivity index (χ0n) is 14.4. The topological polar surface area (TPSA) is 58.6 Å². The summed E-state index contributed by atoms with van der Waals surface area (Å²) < 4.78 is 32.6. The Hall–Kier alpha value is -0.660. The second-order valence-electron chi connectivity index (χ2n) is 5.94. The molecule has 1 aliphatic rings. The SMILES string of the molecule is CCCCC(Cl)(OCC)c1ccc(S(=O)(=O)N2CCNCC2)cc1. The van der Waals surface area contributed by atoms with Gasteiger partial charge in [0.25, 0.3) is 0 Å². The Morgan fingerprint density at radius 2 is 1.83 bits per heavy atom. The van der Waals surface area contributed by atoms with Gasteiger partial charge in [0.2, 0.25) is 10.0 Å². The van der Waals surface area contributed by atoms with E-state index in [4.69, 9.17) is 16.3 Å². The normalized spacial score (nSPS) is 19.1. The van der Waals surface area contributed by atoms with Crippen molar-refractivity contribution in [3.63, 3.8) is 0 Å². The van der Waals surface area contributed by atoms with Crippen molar-refractivity contribution in [3.05, 3.63) is 29.8 Å². The fourth-order valence-electron chi connectivity index (χ4n) is 2.84. The summed E-state index contributed by atoms with van der Waals surface area (Å²) in [5.74, 6) is 0. The number of halogens is 1. The van der Waals surface area contributed by atoms with E-state index < -0.39 is 15.1 Å². The summed E-state index contributed by atoms with van der Waals surface area (Å²) in [6, 6.07) is 6.81. The molecule has 0 spiro atoms. The highest BCUT2D eigenvalue weighted by Crippen LogP contribution is 2.36. The molecule has 0 aliphatic carbocycles. The summed E-state index contributed by atoms with van der Waals surface area (Å²) in [6.07, 6.45) is 2.67. The lowest BCUT2D eigenvalue weighted by Crippen LogP contribution is -2.46. The summed E-state index contributed by atoms with van der Waals surface area (Å²) in [5.41, 5.74) is 0.804. The molecule has 0 bridgehead atoms. The number of hydrogen-bond donors (Lipinski definition) is 1. The minimum absolute atomic E-state index is 0.305. The molecule has 1 saturated heterocycles.